The van der Waals surface area contributed by atoms with Crippen LogP contribution in [0.25, 0.3) is 0 Å². The van der Waals surface area contributed by atoms with Crippen LogP contribution in [-0.4, -0.2) is 36.3 Å². The van der Waals surface area contributed by atoms with Crippen molar-refractivity contribution < 1.29 is 22.7 Å². The van der Waals surface area contributed by atoms with Gasteiger partial charge in [0.15, 0.2) is 6.61 Å². The molecule has 1 heterocycles. The highest BCUT2D eigenvalue weighted by Gasteiger charge is 2.29. The van der Waals surface area contributed by atoms with Crippen LogP contribution in [-0.2, 0) is 0 Å². The first-order valence-corrected chi connectivity index (χ1v) is 8.05. The highest BCUT2D eigenvalue weighted by atomic mass is 35.5. The van der Waals surface area contributed by atoms with Gasteiger partial charge in [-0.3, -0.25) is 4.79 Å². The number of aromatic nitrogens is 1. The topological polar surface area (TPSA) is 77.2 Å². The quantitative estimate of drug-likeness (QED) is 0.793. The Hall–Kier alpha value is -1.54. The number of rotatable bonds is 6. The molecule has 142 valence electrons. The molecule has 3 N–H and O–H groups in total. The summed E-state index contributed by atoms with van der Waals surface area (Å²) in [5, 5.41) is 2.90. The molecule has 1 atom stereocenters. The van der Waals surface area contributed by atoms with Crippen LogP contribution in [0, 0.1) is 5.92 Å². The molecule has 5 nitrogen and oxygen atoms in total. The lowest BCUT2D eigenvalue weighted by atomic mass is 9.84. The monoisotopic (exact) mass is 381 g/mol. The maximum atomic E-state index is 12.3. The van der Waals surface area contributed by atoms with Crippen LogP contribution in [0.15, 0.2) is 18.3 Å². The largest absolute Gasteiger partial charge is 0.468 e. The number of nitrogens with one attached hydrogen (secondary N) is 1. The Morgan fingerprint density at radius 2 is 2.00 bits per heavy atom. The molecular formula is C16H23ClF3N3O2. The Morgan fingerprint density at radius 1 is 1.32 bits per heavy atom. The fraction of sp³-hybridized carbons (Fsp3) is 0.625. The minimum Gasteiger partial charge on any atom is -0.468 e. The third-order valence-corrected chi connectivity index (χ3v) is 4.17. The van der Waals surface area contributed by atoms with Crippen LogP contribution in [0.3, 0.4) is 0 Å². The number of alkyl halides is 3. The van der Waals surface area contributed by atoms with E-state index in [-0.39, 0.29) is 35.8 Å². The summed E-state index contributed by atoms with van der Waals surface area (Å²) in [4.78, 5) is 16.0. The van der Waals surface area contributed by atoms with Gasteiger partial charge in [-0.25, -0.2) is 4.98 Å². The van der Waals surface area contributed by atoms with Gasteiger partial charge in [-0.2, -0.15) is 13.2 Å². The summed E-state index contributed by atoms with van der Waals surface area (Å²) in [6.45, 7) is -1.06. The summed E-state index contributed by atoms with van der Waals surface area (Å²) in [6.07, 6.45) is 2.37. The van der Waals surface area contributed by atoms with E-state index in [0.29, 0.717) is 12.5 Å². The van der Waals surface area contributed by atoms with Crippen LogP contribution in [0.5, 0.6) is 5.88 Å². The van der Waals surface area contributed by atoms with Crippen molar-refractivity contribution in [2.45, 2.75) is 44.3 Å². The normalized spacial score (nSPS) is 16.6. The number of halogens is 4. The van der Waals surface area contributed by atoms with Crippen LogP contribution in [0.1, 0.15) is 42.5 Å². The first-order valence-electron chi connectivity index (χ1n) is 8.05. The standard InChI is InChI=1S/C16H22F3N3O2.ClH/c17-16(18,19)10-24-14-7-6-12(9-21-14)15(23)22-13(8-20)11-4-2-1-3-5-11;/h6-7,9,11,13H,1-5,8,10,20H2,(H,22,23);1H. The molecule has 0 bridgehead atoms. The number of nitrogens with zero attached hydrogens (tertiary/aromatic N) is 1. The van der Waals surface area contributed by atoms with Crippen LogP contribution in [0.2, 0.25) is 0 Å². The molecule has 0 spiro atoms. The number of pyridine rings is 1. The average Bonchev–Trinajstić information content (AvgIpc) is 2.58. The highest BCUT2D eigenvalue weighted by molar-refractivity contribution is 5.94. The smallest absolute Gasteiger partial charge is 0.422 e. The number of amides is 1. The van der Waals surface area contributed by atoms with E-state index in [1.165, 1.54) is 24.8 Å². The molecule has 1 aliphatic carbocycles. The van der Waals surface area contributed by atoms with Crippen LogP contribution < -0.4 is 15.8 Å². The second-order valence-corrected chi connectivity index (χ2v) is 6.00. The lowest BCUT2D eigenvalue weighted by Gasteiger charge is -2.30. The molecule has 1 aromatic rings. The summed E-state index contributed by atoms with van der Waals surface area (Å²) >= 11 is 0. The van der Waals surface area contributed by atoms with Gasteiger partial charge >= 0.3 is 6.18 Å². The molecule has 0 radical (unpaired) electrons. The zero-order chi connectivity index (χ0) is 17.6. The van der Waals surface area contributed by atoms with E-state index in [1.54, 1.807) is 0 Å². The van der Waals surface area contributed by atoms with Gasteiger partial charge in [0.1, 0.15) is 0 Å². The van der Waals surface area contributed by atoms with Crippen LogP contribution in [0.4, 0.5) is 13.2 Å². The number of hydrogen-bond donors (Lipinski definition) is 2. The van der Waals surface area contributed by atoms with Crippen molar-refractivity contribution in [2.24, 2.45) is 11.7 Å². The van der Waals surface area contributed by atoms with Gasteiger partial charge in [0.05, 0.1) is 5.56 Å². The maximum absolute atomic E-state index is 12.3. The maximum Gasteiger partial charge on any atom is 0.422 e. The molecule has 1 saturated carbocycles. The number of carbonyl (C=O) groups excluding carboxylic acids is 1. The molecule has 1 aliphatic rings. The van der Waals surface area contributed by atoms with Gasteiger partial charge in [0.25, 0.3) is 5.91 Å². The van der Waals surface area contributed by atoms with Gasteiger partial charge in [0, 0.05) is 24.8 Å². The molecule has 0 aliphatic heterocycles. The Bertz CT molecular complexity index is 534. The summed E-state index contributed by atoms with van der Waals surface area (Å²) in [6, 6.07) is 2.54. The third kappa shape index (κ3) is 7.07. The second kappa shape index (κ2) is 9.82. The minimum absolute atomic E-state index is 0. The second-order valence-electron chi connectivity index (χ2n) is 6.00. The Balaban J connectivity index is 0.00000312. The lowest BCUT2D eigenvalue weighted by Crippen LogP contribution is -2.45. The first-order chi connectivity index (χ1) is 11.4. The Morgan fingerprint density at radius 3 is 2.52 bits per heavy atom. The van der Waals surface area contributed by atoms with Gasteiger partial charge in [-0.1, -0.05) is 19.3 Å². The van der Waals surface area contributed by atoms with Crippen molar-refractivity contribution in [1.82, 2.24) is 10.3 Å². The van der Waals surface area contributed by atoms with Crippen molar-refractivity contribution >= 4 is 18.3 Å². The molecule has 1 fully saturated rings. The van der Waals surface area contributed by atoms with Crippen molar-refractivity contribution in [3.8, 4) is 5.88 Å². The van der Waals surface area contributed by atoms with Crippen molar-refractivity contribution in [3.63, 3.8) is 0 Å². The zero-order valence-corrected chi connectivity index (χ0v) is 14.5. The molecule has 9 heteroatoms. The number of carbonyl (C=O) groups is 1. The fourth-order valence-electron chi connectivity index (χ4n) is 2.91. The molecule has 1 unspecified atom stereocenters. The third-order valence-electron chi connectivity index (χ3n) is 4.17. The summed E-state index contributed by atoms with van der Waals surface area (Å²) in [5.41, 5.74) is 6.04. The SMILES string of the molecule is Cl.NCC(NC(=O)c1ccc(OCC(F)(F)F)nc1)C1CCCCC1. The number of ether oxygens (including phenoxy) is 1. The molecule has 0 aromatic carbocycles. The van der Waals surface area contributed by atoms with E-state index in [9.17, 15) is 18.0 Å². The van der Waals surface area contributed by atoms with Crippen molar-refractivity contribution in [3.05, 3.63) is 23.9 Å². The van der Waals surface area contributed by atoms with Crippen LogP contribution >= 0.6 is 12.4 Å². The minimum atomic E-state index is -4.42. The van der Waals surface area contributed by atoms with E-state index in [1.807, 2.05) is 0 Å². The van der Waals surface area contributed by atoms with E-state index < -0.39 is 12.8 Å². The molecule has 1 aromatic heterocycles. The molecule has 2 rings (SSSR count). The van der Waals surface area contributed by atoms with Gasteiger partial charge in [-0.05, 0) is 24.8 Å². The van der Waals surface area contributed by atoms with Gasteiger partial charge in [-0.15, -0.1) is 12.4 Å². The molecular weight excluding hydrogens is 359 g/mol. The zero-order valence-electron chi connectivity index (χ0n) is 13.7. The van der Waals surface area contributed by atoms with Crippen molar-refractivity contribution in [2.75, 3.05) is 13.2 Å². The summed E-state index contributed by atoms with van der Waals surface area (Å²) < 4.78 is 40.8. The Labute approximate surface area is 150 Å². The average molecular weight is 382 g/mol. The predicted molar refractivity (Wildman–Crippen MR) is 89.9 cm³/mol. The molecule has 1 amide bonds. The lowest BCUT2D eigenvalue weighted by molar-refractivity contribution is -0.154. The fourth-order valence-corrected chi connectivity index (χ4v) is 2.91. The summed E-state index contributed by atoms with van der Waals surface area (Å²) in [7, 11) is 0. The summed E-state index contributed by atoms with van der Waals surface area (Å²) in [5.74, 6) is -0.132. The van der Waals surface area contributed by atoms with E-state index in [4.69, 9.17) is 5.73 Å². The Kier molecular flexibility index (Phi) is 8.44. The van der Waals surface area contributed by atoms with Crippen molar-refractivity contribution in [1.29, 1.82) is 0 Å². The van der Waals surface area contributed by atoms with Gasteiger partial charge in [0.2, 0.25) is 5.88 Å². The van der Waals surface area contributed by atoms with E-state index >= 15 is 0 Å². The van der Waals surface area contributed by atoms with E-state index in [0.717, 1.165) is 25.7 Å². The van der Waals surface area contributed by atoms with Gasteiger partial charge < -0.3 is 15.8 Å². The molecule has 0 saturated heterocycles. The number of hydrogen-bond acceptors (Lipinski definition) is 4. The first kappa shape index (κ1) is 21.5. The highest BCUT2D eigenvalue weighted by Crippen LogP contribution is 2.26. The predicted octanol–water partition coefficient (Wildman–Crippen LogP) is 3.08. The van der Waals surface area contributed by atoms with E-state index in [2.05, 4.69) is 15.0 Å². The number of nitrogens with two attached hydrogens (primary N) is 1. The molecule has 25 heavy (non-hydrogen) atoms.